The van der Waals surface area contributed by atoms with Gasteiger partial charge in [0.25, 0.3) is 0 Å². The smallest absolute Gasteiger partial charge is 0.115 e. The third-order valence-electron chi connectivity index (χ3n) is 2.59. The SMILES string of the molecule is Cc1cc(O)ccc1NCc1ccn(C)c1. The van der Waals surface area contributed by atoms with Gasteiger partial charge in [0.2, 0.25) is 0 Å². The molecule has 1 heterocycles. The monoisotopic (exact) mass is 216 g/mol. The van der Waals surface area contributed by atoms with Gasteiger partial charge in [0, 0.05) is 31.7 Å². The molecule has 16 heavy (non-hydrogen) atoms. The number of nitrogens with zero attached hydrogens (tertiary/aromatic N) is 1. The summed E-state index contributed by atoms with van der Waals surface area (Å²) in [4.78, 5) is 0. The Kier molecular flexibility index (Phi) is 2.86. The van der Waals surface area contributed by atoms with Crippen molar-refractivity contribution in [1.29, 1.82) is 0 Å². The molecular weight excluding hydrogens is 200 g/mol. The number of rotatable bonds is 3. The van der Waals surface area contributed by atoms with Gasteiger partial charge in [-0.25, -0.2) is 0 Å². The summed E-state index contributed by atoms with van der Waals surface area (Å²) in [5.41, 5.74) is 3.35. The molecule has 0 unspecified atom stereocenters. The molecule has 0 fully saturated rings. The average molecular weight is 216 g/mol. The van der Waals surface area contributed by atoms with E-state index in [2.05, 4.69) is 17.6 Å². The lowest BCUT2D eigenvalue weighted by molar-refractivity contribution is 0.475. The molecule has 84 valence electrons. The molecule has 0 aliphatic heterocycles. The van der Waals surface area contributed by atoms with Gasteiger partial charge in [-0.2, -0.15) is 0 Å². The number of aryl methyl sites for hydroxylation is 2. The fourth-order valence-corrected chi connectivity index (χ4v) is 1.71. The minimum Gasteiger partial charge on any atom is -0.508 e. The fourth-order valence-electron chi connectivity index (χ4n) is 1.71. The molecule has 1 aromatic heterocycles. The predicted octanol–water partition coefficient (Wildman–Crippen LogP) is 2.65. The Labute approximate surface area is 95.3 Å². The molecule has 2 N–H and O–H groups in total. The van der Waals surface area contributed by atoms with Crippen molar-refractivity contribution in [3.05, 3.63) is 47.8 Å². The number of phenolic OH excluding ortho intramolecular Hbond substituents is 1. The summed E-state index contributed by atoms with van der Waals surface area (Å²) in [5.74, 6) is 0.308. The summed E-state index contributed by atoms with van der Waals surface area (Å²) < 4.78 is 2.03. The number of hydrogen-bond acceptors (Lipinski definition) is 2. The number of nitrogens with one attached hydrogen (secondary N) is 1. The Balaban J connectivity index is 2.04. The van der Waals surface area contributed by atoms with Crippen molar-refractivity contribution in [3.8, 4) is 5.75 Å². The minimum atomic E-state index is 0.308. The van der Waals surface area contributed by atoms with E-state index < -0.39 is 0 Å². The second-order valence-electron chi connectivity index (χ2n) is 4.04. The maximum atomic E-state index is 9.29. The second-order valence-corrected chi connectivity index (χ2v) is 4.04. The molecule has 3 nitrogen and oxygen atoms in total. The number of anilines is 1. The number of aromatic hydroxyl groups is 1. The molecule has 2 aromatic rings. The van der Waals surface area contributed by atoms with Crippen LogP contribution in [0.4, 0.5) is 5.69 Å². The lowest BCUT2D eigenvalue weighted by Crippen LogP contribution is -1.99. The lowest BCUT2D eigenvalue weighted by Gasteiger charge is -2.08. The van der Waals surface area contributed by atoms with Crippen molar-refractivity contribution >= 4 is 5.69 Å². The Morgan fingerprint density at radius 1 is 1.31 bits per heavy atom. The largest absolute Gasteiger partial charge is 0.508 e. The van der Waals surface area contributed by atoms with Crippen LogP contribution in [-0.4, -0.2) is 9.67 Å². The molecule has 0 atom stereocenters. The molecule has 0 aliphatic rings. The maximum absolute atomic E-state index is 9.29. The Hall–Kier alpha value is -1.90. The number of hydrogen-bond donors (Lipinski definition) is 2. The maximum Gasteiger partial charge on any atom is 0.115 e. The standard InChI is InChI=1S/C13H16N2O/c1-10-7-12(16)3-4-13(10)14-8-11-5-6-15(2)9-11/h3-7,9,14,16H,8H2,1-2H3. The van der Waals surface area contributed by atoms with Crippen LogP contribution in [-0.2, 0) is 13.6 Å². The molecule has 2 rings (SSSR count). The number of aromatic nitrogens is 1. The molecule has 0 bridgehead atoms. The van der Waals surface area contributed by atoms with E-state index >= 15 is 0 Å². The van der Waals surface area contributed by atoms with Crippen molar-refractivity contribution in [2.45, 2.75) is 13.5 Å². The van der Waals surface area contributed by atoms with E-state index in [1.54, 1.807) is 12.1 Å². The van der Waals surface area contributed by atoms with Gasteiger partial charge in [-0.1, -0.05) is 0 Å². The fraction of sp³-hybridized carbons (Fsp3) is 0.231. The van der Waals surface area contributed by atoms with Crippen LogP contribution in [0.3, 0.4) is 0 Å². The Morgan fingerprint density at radius 3 is 2.75 bits per heavy atom. The molecule has 0 saturated carbocycles. The third kappa shape index (κ3) is 2.37. The normalized spacial score (nSPS) is 10.4. The van der Waals surface area contributed by atoms with Crippen LogP contribution in [0.25, 0.3) is 0 Å². The Morgan fingerprint density at radius 2 is 2.12 bits per heavy atom. The molecule has 0 spiro atoms. The van der Waals surface area contributed by atoms with Crippen molar-refractivity contribution in [1.82, 2.24) is 4.57 Å². The molecule has 0 radical (unpaired) electrons. The van der Waals surface area contributed by atoms with Crippen LogP contribution in [0.2, 0.25) is 0 Å². The van der Waals surface area contributed by atoms with Crippen molar-refractivity contribution in [2.75, 3.05) is 5.32 Å². The molecule has 1 aromatic carbocycles. The van der Waals surface area contributed by atoms with Gasteiger partial charge >= 0.3 is 0 Å². The van der Waals surface area contributed by atoms with Crippen LogP contribution in [0.5, 0.6) is 5.75 Å². The number of phenols is 1. The molecule has 3 heteroatoms. The second kappa shape index (κ2) is 4.31. The van der Waals surface area contributed by atoms with Crippen LogP contribution in [0.15, 0.2) is 36.7 Å². The highest BCUT2D eigenvalue weighted by molar-refractivity contribution is 5.53. The van der Waals surface area contributed by atoms with Crippen LogP contribution < -0.4 is 5.32 Å². The average Bonchev–Trinajstić information content (AvgIpc) is 2.63. The summed E-state index contributed by atoms with van der Waals surface area (Å²) in [7, 11) is 2.01. The van der Waals surface area contributed by atoms with E-state index in [4.69, 9.17) is 0 Å². The van der Waals surface area contributed by atoms with Crippen LogP contribution >= 0.6 is 0 Å². The van der Waals surface area contributed by atoms with Gasteiger partial charge < -0.3 is 15.0 Å². The lowest BCUT2D eigenvalue weighted by atomic mass is 10.2. The highest BCUT2D eigenvalue weighted by Crippen LogP contribution is 2.20. The summed E-state index contributed by atoms with van der Waals surface area (Å²) in [6.45, 7) is 2.78. The topological polar surface area (TPSA) is 37.2 Å². The van der Waals surface area contributed by atoms with E-state index in [0.717, 1.165) is 17.8 Å². The molecule has 0 saturated heterocycles. The molecule has 0 amide bonds. The highest BCUT2D eigenvalue weighted by atomic mass is 16.3. The van der Waals surface area contributed by atoms with Gasteiger partial charge in [0.05, 0.1) is 0 Å². The number of benzene rings is 1. The zero-order valence-electron chi connectivity index (χ0n) is 9.57. The van der Waals surface area contributed by atoms with E-state index in [9.17, 15) is 5.11 Å². The summed E-state index contributed by atoms with van der Waals surface area (Å²) in [5, 5.41) is 12.6. The summed E-state index contributed by atoms with van der Waals surface area (Å²) in [6.07, 6.45) is 4.11. The zero-order valence-corrected chi connectivity index (χ0v) is 9.57. The Bertz CT molecular complexity index is 488. The van der Waals surface area contributed by atoms with Gasteiger partial charge in [-0.05, 0) is 42.3 Å². The van der Waals surface area contributed by atoms with E-state index in [1.165, 1.54) is 5.56 Å². The van der Waals surface area contributed by atoms with Gasteiger partial charge in [-0.15, -0.1) is 0 Å². The first kappa shape index (κ1) is 10.6. The molecule has 0 aliphatic carbocycles. The van der Waals surface area contributed by atoms with Gasteiger partial charge in [-0.3, -0.25) is 0 Å². The first-order valence-corrected chi connectivity index (χ1v) is 5.29. The first-order chi connectivity index (χ1) is 7.65. The quantitative estimate of drug-likeness (QED) is 0.774. The zero-order chi connectivity index (χ0) is 11.5. The predicted molar refractivity (Wildman–Crippen MR) is 65.6 cm³/mol. The summed E-state index contributed by atoms with van der Waals surface area (Å²) in [6, 6.07) is 7.43. The molecular formula is C13H16N2O. The van der Waals surface area contributed by atoms with Gasteiger partial charge in [0.15, 0.2) is 0 Å². The van der Waals surface area contributed by atoms with Crippen molar-refractivity contribution < 1.29 is 5.11 Å². The third-order valence-corrected chi connectivity index (χ3v) is 2.59. The summed E-state index contributed by atoms with van der Waals surface area (Å²) >= 11 is 0. The van der Waals surface area contributed by atoms with E-state index in [-0.39, 0.29) is 0 Å². The highest BCUT2D eigenvalue weighted by Gasteiger charge is 1.99. The minimum absolute atomic E-state index is 0.308. The first-order valence-electron chi connectivity index (χ1n) is 5.29. The van der Waals surface area contributed by atoms with Crippen LogP contribution in [0, 0.1) is 6.92 Å². The van der Waals surface area contributed by atoms with E-state index in [0.29, 0.717) is 5.75 Å². The van der Waals surface area contributed by atoms with E-state index in [1.807, 2.05) is 30.8 Å². The van der Waals surface area contributed by atoms with Gasteiger partial charge in [0.1, 0.15) is 5.75 Å². The van der Waals surface area contributed by atoms with Crippen molar-refractivity contribution in [3.63, 3.8) is 0 Å². The van der Waals surface area contributed by atoms with Crippen molar-refractivity contribution in [2.24, 2.45) is 7.05 Å². The van der Waals surface area contributed by atoms with Crippen LogP contribution in [0.1, 0.15) is 11.1 Å².